The summed E-state index contributed by atoms with van der Waals surface area (Å²) in [6.07, 6.45) is 5.72. The second kappa shape index (κ2) is 13.4. The third-order valence-corrected chi connectivity index (χ3v) is 6.10. The average molecular weight is 498 g/mol. The predicted octanol–water partition coefficient (Wildman–Crippen LogP) is 7.30. The fraction of sp³-hybridized carbons (Fsp3) is 0.586. The van der Waals surface area contributed by atoms with Gasteiger partial charge in [0.25, 0.3) is 0 Å². The number of carbonyl (C=O) groups is 1. The first-order valence-corrected chi connectivity index (χ1v) is 13.4. The van der Waals surface area contributed by atoms with Gasteiger partial charge < -0.3 is 24.4 Å². The first-order chi connectivity index (χ1) is 17.3. The molecule has 1 N–H and O–H groups in total. The molecule has 0 spiro atoms. The number of rotatable bonds is 11. The highest BCUT2D eigenvalue weighted by molar-refractivity contribution is 5.68. The van der Waals surface area contributed by atoms with Crippen LogP contribution >= 0.6 is 0 Å². The first-order valence-electron chi connectivity index (χ1n) is 13.4. The van der Waals surface area contributed by atoms with Gasteiger partial charge in [-0.05, 0) is 76.1 Å². The number of hydrogen-bond donors (Lipinski definition) is 1. The predicted molar refractivity (Wildman–Crippen MR) is 145 cm³/mol. The van der Waals surface area contributed by atoms with Gasteiger partial charge in [0, 0.05) is 24.8 Å². The second-order valence-corrected chi connectivity index (χ2v) is 10.4. The van der Waals surface area contributed by atoms with Gasteiger partial charge in [-0.25, -0.2) is 4.79 Å². The van der Waals surface area contributed by atoms with Crippen molar-refractivity contribution < 1.29 is 19.0 Å². The summed E-state index contributed by atoms with van der Waals surface area (Å²) < 4.78 is 17.3. The van der Waals surface area contributed by atoms with E-state index in [0.29, 0.717) is 44.0 Å². The number of nitrogens with zero attached hydrogens (tertiary/aromatic N) is 2. The highest BCUT2D eigenvalue weighted by Gasteiger charge is 2.27. The number of unbranched alkanes of at least 4 members (excludes halogenated alkanes) is 2. The lowest BCUT2D eigenvalue weighted by Gasteiger charge is -2.33. The summed E-state index contributed by atoms with van der Waals surface area (Å²) >= 11 is 0. The minimum atomic E-state index is -0.471. The zero-order valence-corrected chi connectivity index (χ0v) is 22.6. The van der Waals surface area contributed by atoms with Crippen molar-refractivity contribution in [3.05, 3.63) is 42.0 Å². The number of nitrogens with one attached hydrogen (secondary N) is 1. The van der Waals surface area contributed by atoms with Crippen LogP contribution in [0.5, 0.6) is 11.8 Å². The lowest BCUT2D eigenvalue weighted by molar-refractivity contribution is 0.0205. The summed E-state index contributed by atoms with van der Waals surface area (Å²) in [6, 6.07) is 12.4. The molecule has 0 saturated carbocycles. The SMILES string of the molecule is CCCCOc1ccc(Nc2cccc(C3CCN(C(=O)OC(C)(C)C)CC3)c2)c(OCCCC)n1. The zero-order valence-electron chi connectivity index (χ0n) is 22.6. The molecule has 7 heteroatoms. The second-order valence-electron chi connectivity index (χ2n) is 10.4. The van der Waals surface area contributed by atoms with Crippen LogP contribution in [0.15, 0.2) is 36.4 Å². The number of anilines is 2. The molecular weight excluding hydrogens is 454 g/mol. The standard InChI is InChI=1S/C29H43N3O4/c1-6-8-19-34-26-14-13-25(27(31-26)35-20-9-7-2)30-24-12-10-11-23(21-24)22-15-17-32(18-16-22)28(33)36-29(3,4)5/h10-14,21-22,30H,6-9,15-20H2,1-5H3. The van der Waals surface area contributed by atoms with Gasteiger partial charge in [-0.2, -0.15) is 4.98 Å². The molecule has 2 aromatic rings. The van der Waals surface area contributed by atoms with E-state index in [-0.39, 0.29) is 6.09 Å². The van der Waals surface area contributed by atoms with Gasteiger partial charge in [0.1, 0.15) is 11.3 Å². The summed E-state index contributed by atoms with van der Waals surface area (Å²) in [5, 5.41) is 3.50. The Hall–Kier alpha value is -2.96. The summed E-state index contributed by atoms with van der Waals surface area (Å²) in [5.41, 5.74) is 2.61. The normalized spacial score (nSPS) is 14.4. The van der Waals surface area contributed by atoms with Gasteiger partial charge in [0.15, 0.2) is 0 Å². The Morgan fingerprint density at radius 3 is 2.39 bits per heavy atom. The number of amides is 1. The Kier molecular flexibility index (Phi) is 10.3. The molecule has 1 amide bonds. The number of ether oxygens (including phenoxy) is 3. The number of carbonyl (C=O) groups excluding carboxylic acids is 1. The van der Waals surface area contributed by atoms with E-state index in [9.17, 15) is 4.79 Å². The van der Waals surface area contributed by atoms with Gasteiger partial charge in [-0.1, -0.05) is 38.8 Å². The number of benzene rings is 1. The van der Waals surface area contributed by atoms with Crippen LogP contribution in [0.4, 0.5) is 16.2 Å². The minimum absolute atomic E-state index is 0.221. The van der Waals surface area contributed by atoms with Crippen LogP contribution in [0.3, 0.4) is 0 Å². The molecule has 1 fully saturated rings. The summed E-state index contributed by atoms with van der Waals surface area (Å²) in [7, 11) is 0. The van der Waals surface area contributed by atoms with Crippen LogP contribution in [0, 0.1) is 0 Å². The van der Waals surface area contributed by atoms with Gasteiger partial charge in [0.2, 0.25) is 11.8 Å². The van der Waals surface area contributed by atoms with Crippen LogP contribution < -0.4 is 14.8 Å². The molecule has 2 heterocycles. The van der Waals surface area contributed by atoms with E-state index in [4.69, 9.17) is 14.2 Å². The van der Waals surface area contributed by atoms with E-state index in [1.807, 2.05) is 37.8 Å². The van der Waals surface area contributed by atoms with E-state index in [1.54, 1.807) is 0 Å². The third-order valence-electron chi connectivity index (χ3n) is 6.10. The zero-order chi connectivity index (χ0) is 26.0. The Bertz CT molecular complexity index is 965. The molecule has 1 aliphatic rings. The van der Waals surface area contributed by atoms with Crippen molar-refractivity contribution in [2.45, 2.75) is 84.7 Å². The van der Waals surface area contributed by atoms with Crippen LogP contribution in [0.1, 0.15) is 84.6 Å². The van der Waals surface area contributed by atoms with Gasteiger partial charge in [-0.15, -0.1) is 0 Å². The maximum absolute atomic E-state index is 12.4. The smallest absolute Gasteiger partial charge is 0.410 e. The van der Waals surface area contributed by atoms with E-state index >= 15 is 0 Å². The Balaban J connectivity index is 1.66. The lowest BCUT2D eigenvalue weighted by atomic mass is 9.89. The molecule has 7 nitrogen and oxygen atoms in total. The van der Waals surface area contributed by atoms with E-state index in [0.717, 1.165) is 49.9 Å². The van der Waals surface area contributed by atoms with Gasteiger partial charge in [0.05, 0.1) is 13.2 Å². The van der Waals surface area contributed by atoms with Gasteiger partial charge >= 0.3 is 6.09 Å². The fourth-order valence-corrected chi connectivity index (χ4v) is 4.09. The molecule has 0 aliphatic carbocycles. The highest BCUT2D eigenvalue weighted by atomic mass is 16.6. The Morgan fingerprint density at radius 2 is 1.72 bits per heavy atom. The van der Waals surface area contributed by atoms with Crippen LogP contribution in [0.25, 0.3) is 0 Å². The van der Waals surface area contributed by atoms with E-state index in [1.165, 1.54) is 5.56 Å². The molecule has 0 unspecified atom stereocenters. The molecule has 1 aliphatic heterocycles. The maximum atomic E-state index is 12.4. The van der Waals surface area contributed by atoms with Gasteiger partial charge in [-0.3, -0.25) is 0 Å². The lowest BCUT2D eigenvalue weighted by Crippen LogP contribution is -2.41. The summed E-state index contributed by atoms with van der Waals surface area (Å²) in [5.74, 6) is 1.55. The molecule has 0 radical (unpaired) electrons. The van der Waals surface area contributed by atoms with Crippen LogP contribution in [-0.4, -0.2) is 47.9 Å². The molecule has 1 aromatic carbocycles. The number of aromatic nitrogens is 1. The Morgan fingerprint density at radius 1 is 1.03 bits per heavy atom. The first kappa shape index (κ1) is 27.6. The summed E-state index contributed by atoms with van der Waals surface area (Å²) in [4.78, 5) is 18.8. The van der Waals surface area contributed by atoms with Crippen molar-refractivity contribution in [3.8, 4) is 11.8 Å². The molecule has 36 heavy (non-hydrogen) atoms. The van der Waals surface area contributed by atoms with E-state index < -0.39 is 5.60 Å². The molecule has 198 valence electrons. The molecule has 0 bridgehead atoms. The molecule has 0 atom stereocenters. The number of piperidine rings is 1. The Labute approximate surface area is 216 Å². The van der Waals surface area contributed by atoms with Crippen LogP contribution in [-0.2, 0) is 4.74 Å². The molecule has 1 aromatic heterocycles. The largest absolute Gasteiger partial charge is 0.478 e. The monoisotopic (exact) mass is 497 g/mol. The van der Waals surface area contributed by atoms with Crippen molar-refractivity contribution in [3.63, 3.8) is 0 Å². The quantitative estimate of drug-likeness (QED) is 0.328. The number of pyridine rings is 1. The highest BCUT2D eigenvalue weighted by Crippen LogP contribution is 2.33. The van der Waals surface area contributed by atoms with E-state index in [2.05, 4.69) is 48.4 Å². The molecular formula is C29H43N3O4. The third kappa shape index (κ3) is 8.61. The van der Waals surface area contributed by atoms with Crippen molar-refractivity contribution in [1.82, 2.24) is 9.88 Å². The number of hydrogen-bond acceptors (Lipinski definition) is 6. The topological polar surface area (TPSA) is 72.9 Å². The van der Waals surface area contributed by atoms with Crippen molar-refractivity contribution in [2.75, 3.05) is 31.6 Å². The average Bonchev–Trinajstić information content (AvgIpc) is 2.85. The van der Waals surface area contributed by atoms with Crippen molar-refractivity contribution >= 4 is 17.5 Å². The molecule has 1 saturated heterocycles. The maximum Gasteiger partial charge on any atom is 0.410 e. The summed E-state index contributed by atoms with van der Waals surface area (Å²) in [6.45, 7) is 12.7. The minimum Gasteiger partial charge on any atom is -0.478 e. The number of likely N-dealkylation sites (tertiary alicyclic amines) is 1. The van der Waals surface area contributed by atoms with Crippen LogP contribution in [0.2, 0.25) is 0 Å². The molecule has 3 rings (SSSR count). The van der Waals surface area contributed by atoms with Crippen molar-refractivity contribution in [1.29, 1.82) is 0 Å². The fourth-order valence-electron chi connectivity index (χ4n) is 4.09. The van der Waals surface area contributed by atoms with Crippen molar-refractivity contribution in [2.24, 2.45) is 0 Å².